The van der Waals surface area contributed by atoms with Gasteiger partial charge in [0.25, 0.3) is 0 Å². The van der Waals surface area contributed by atoms with E-state index in [9.17, 15) is 4.79 Å². The zero-order chi connectivity index (χ0) is 8.97. The summed E-state index contributed by atoms with van der Waals surface area (Å²) < 4.78 is 0. The molecule has 0 aliphatic heterocycles. The largest absolute Gasteiger partial charge is 0.378 e. The summed E-state index contributed by atoms with van der Waals surface area (Å²) in [5.74, 6) is 0. The van der Waals surface area contributed by atoms with Gasteiger partial charge in [-0.2, -0.15) is 0 Å². The van der Waals surface area contributed by atoms with Crippen LogP contribution in [0, 0.1) is 13.8 Å². The Morgan fingerprint density at radius 1 is 1.25 bits per heavy atom. The molecular weight excluding hydrogens is 150 g/mol. The van der Waals surface area contributed by atoms with Gasteiger partial charge in [0.15, 0.2) is 0 Å². The van der Waals surface area contributed by atoms with Crippen molar-refractivity contribution in [3.8, 4) is 0 Å². The van der Waals surface area contributed by atoms with Crippen LogP contribution in [-0.4, -0.2) is 12.8 Å². The number of rotatable bonds is 3. The number of hydrogen-bond acceptors (Lipinski definition) is 2. The fourth-order valence-corrected chi connectivity index (χ4v) is 1.24. The molecule has 0 saturated carbocycles. The van der Waals surface area contributed by atoms with Gasteiger partial charge in [0.2, 0.25) is 0 Å². The molecule has 0 atom stereocenters. The first-order chi connectivity index (χ1) is 5.72. The molecule has 0 unspecified atom stereocenters. The summed E-state index contributed by atoms with van der Waals surface area (Å²) in [5, 5.41) is 3.01. The summed E-state index contributed by atoms with van der Waals surface area (Å²) in [6.45, 7) is 4.46. The predicted molar refractivity (Wildman–Crippen MR) is 50.5 cm³/mol. The molecular formula is C10H13NO. The van der Waals surface area contributed by atoms with Gasteiger partial charge in [-0.1, -0.05) is 6.07 Å². The Labute approximate surface area is 72.6 Å². The highest BCUT2D eigenvalue weighted by atomic mass is 16.1. The number of aryl methyl sites for hydroxylation is 2. The summed E-state index contributed by atoms with van der Waals surface area (Å²) in [6.07, 6.45) is 0.859. The van der Waals surface area contributed by atoms with Crippen molar-refractivity contribution in [1.29, 1.82) is 0 Å². The molecule has 0 amide bonds. The first kappa shape index (κ1) is 8.78. The van der Waals surface area contributed by atoms with Crippen LogP contribution in [0.25, 0.3) is 0 Å². The fraction of sp³-hybridized carbons (Fsp3) is 0.300. The minimum atomic E-state index is 0.378. The standard InChI is InChI=1S/C10H13NO/c1-8-5-9(2)7-10(6-8)11-3-4-12/h4-7,11H,3H2,1-2H3. The highest BCUT2D eigenvalue weighted by Gasteiger charge is 1.93. The molecule has 2 nitrogen and oxygen atoms in total. The molecule has 0 bridgehead atoms. The van der Waals surface area contributed by atoms with E-state index in [2.05, 4.69) is 11.4 Å². The smallest absolute Gasteiger partial charge is 0.139 e. The van der Waals surface area contributed by atoms with Gasteiger partial charge < -0.3 is 10.1 Å². The maximum absolute atomic E-state index is 10.1. The first-order valence-corrected chi connectivity index (χ1v) is 3.98. The summed E-state index contributed by atoms with van der Waals surface area (Å²) in [7, 11) is 0. The van der Waals surface area contributed by atoms with Gasteiger partial charge in [-0.05, 0) is 37.1 Å². The molecule has 12 heavy (non-hydrogen) atoms. The molecule has 1 aromatic carbocycles. The van der Waals surface area contributed by atoms with Gasteiger partial charge in [-0.3, -0.25) is 0 Å². The van der Waals surface area contributed by atoms with Crippen molar-refractivity contribution >= 4 is 12.0 Å². The van der Waals surface area contributed by atoms with Crippen molar-refractivity contribution in [2.45, 2.75) is 13.8 Å². The molecule has 0 aliphatic rings. The Kier molecular flexibility index (Phi) is 2.86. The quantitative estimate of drug-likeness (QED) is 0.690. The molecule has 0 fully saturated rings. The van der Waals surface area contributed by atoms with Gasteiger partial charge in [-0.15, -0.1) is 0 Å². The van der Waals surface area contributed by atoms with Crippen LogP contribution in [0.1, 0.15) is 11.1 Å². The molecule has 0 aromatic heterocycles. The number of benzene rings is 1. The Balaban J connectivity index is 2.78. The maximum atomic E-state index is 10.1. The van der Waals surface area contributed by atoms with E-state index in [0.29, 0.717) is 6.54 Å². The Hall–Kier alpha value is -1.31. The van der Waals surface area contributed by atoms with E-state index in [0.717, 1.165) is 12.0 Å². The second kappa shape index (κ2) is 3.90. The van der Waals surface area contributed by atoms with Gasteiger partial charge in [-0.25, -0.2) is 0 Å². The van der Waals surface area contributed by atoms with Crippen LogP contribution in [-0.2, 0) is 4.79 Å². The highest BCUT2D eigenvalue weighted by molar-refractivity contribution is 5.60. The molecule has 1 N–H and O–H groups in total. The Morgan fingerprint density at radius 2 is 1.83 bits per heavy atom. The minimum absolute atomic E-state index is 0.378. The third kappa shape index (κ3) is 2.38. The number of aldehydes is 1. The number of nitrogens with one attached hydrogen (secondary N) is 1. The van der Waals surface area contributed by atoms with E-state index in [1.165, 1.54) is 11.1 Å². The molecule has 64 valence electrons. The molecule has 0 spiro atoms. The van der Waals surface area contributed by atoms with Crippen molar-refractivity contribution in [2.75, 3.05) is 11.9 Å². The normalized spacial score (nSPS) is 9.50. The molecule has 2 heteroatoms. The van der Waals surface area contributed by atoms with Gasteiger partial charge in [0, 0.05) is 5.69 Å². The zero-order valence-electron chi connectivity index (χ0n) is 7.42. The van der Waals surface area contributed by atoms with Crippen LogP contribution >= 0.6 is 0 Å². The molecule has 0 aliphatic carbocycles. The van der Waals surface area contributed by atoms with Crippen LogP contribution in [0.3, 0.4) is 0 Å². The van der Waals surface area contributed by atoms with Crippen molar-refractivity contribution in [3.63, 3.8) is 0 Å². The lowest BCUT2D eigenvalue weighted by Crippen LogP contribution is -2.02. The lowest BCUT2D eigenvalue weighted by Gasteiger charge is -2.04. The number of hydrogen-bond donors (Lipinski definition) is 1. The van der Waals surface area contributed by atoms with E-state index in [4.69, 9.17) is 0 Å². The van der Waals surface area contributed by atoms with E-state index in [1.807, 2.05) is 26.0 Å². The Bertz CT molecular complexity index is 261. The number of carbonyl (C=O) groups excluding carboxylic acids is 1. The van der Waals surface area contributed by atoms with Crippen LogP contribution < -0.4 is 5.32 Å². The lowest BCUT2D eigenvalue weighted by atomic mass is 10.1. The van der Waals surface area contributed by atoms with E-state index >= 15 is 0 Å². The second-order valence-corrected chi connectivity index (χ2v) is 2.92. The third-order valence-corrected chi connectivity index (χ3v) is 1.61. The predicted octanol–water partition coefficient (Wildman–Crippen LogP) is 1.91. The summed E-state index contributed by atoms with van der Waals surface area (Å²) in [4.78, 5) is 10.1. The van der Waals surface area contributed by atoms with E-state index in [-0.39, 0.29) is 0 Å². The molecule has 0 heterocycles. The van der Waals surface area contributed by atoms with Crippen molar-refractivity contribution in [2.24, 2.45) is 0 Å². The fourth-order valence-electron chi connectivity index (χ4n) is 1.24. The highest BCUT2D eigenvalue weighted by Crippen LogP contribution is 2.12. The van der Waals surface area contributed by atoms with E-state index in [1.54, 1.807) is 0 Å². The molecule has 0 saturated heterocycles. The molecule has 1 aromatic rings. The molecule has 0 radical (unpaired) electrons. The van der Waals surface area contributed by atoms with Gasteiger partial charge in [0.1, 0.15) is 6.29 Å². The van der Waals surface area contributed by atoms with Crippen molar-refractivity contribution in [3.05, 3.63) is 29.3 Å². The van der Waals surface area contributed by atoms with Crippen LogP contribution in [0.5, 0.6) is 0 Å². The number of anilines is 1. The summed E-state index contributed by atoms with van der Waals surface area (Å²) >= 11 is 0. The summed E-state index contributed by atoms with van der Waals surface area (Å²) in [5.41, 5.74) is 3.44. The average molecular weight is 163 g/mol. The Morgan fingerprint density at radius 3 is 2.33 bits per heavy atom. The zero-order valence-corrected chi connectivity index (χ0v) is 7.42. The van der Waals surface area contributed by atoms with Crippen LogP contribution in [0.15, 0.2) is 18.2 Å². The monoisotopic (exact) mass is 163 g/mol. The van der Waals surface area contributed by atoms with Gasteiger partial charge in [0.05, 0.1) is 6.54 Å². The molecule has 1 rings (SSSR count). The van der Waals surface area contributed by atoms with Crippen molar-refractivity contribution < 1.29 is 4.79 Å². The average Bonchev–Trinajstić information content (AvgIpc) is 1.99. The topological polar surface area (TPSA) is 29.1 Å². The SMILES string of the molecule is Cc1cc(C)cc(NCC=O)c1. The number of carbonyl (C=O) groups is 1. The second-order valence-electron chi connectivity index (χ2n) is 2.92. The van der Waals surface area contributed by atoms with E-state index < -0.39 is 0 Å². The third-order valence-electron chi connectivity index (χ3n) is 1.61. The van der Waals surface area contributed by atoms with Crippen LogP contribution in [0.2, 0.25) is 0 Å². The van der Waals surface area contributed by atoms with Crippen LogP contribution in [0.4, 0.5) is 5.69 Å². The first-order valence-electron chi connectivity index (χ1n) is 3.98. The van der Waals surface area contributed by atoms with Gasteiger partial charge >= 0.3 is 0 Å². The van der Waals surface area contributed by atoms with Crippen molar-refractivity contribution in [1.82, 2.24) is 0 Å². The maximum Gasteiger partial charge on any atom is 0.139 e. The lowest BCUT2D eigenvalue weighted by molar-refractivity contribution is -0.106. The summed E-state index contributed by atoms with van der Waals surface area (Å²) in [6, 6.07) is 6.15. The minimum Gasteiger partial charge on any atom is -0.378 e.